The molecular formula is C20H22N2O4. The monoisotopic (exact) mass is 354 g/mol. The molecule has 0 aliphatic carbocycles. The van der Waals surface area contributed by atoms with E-state index in [2.05, 4.69) is 0 Å². The van der Waals surface area contributed by atoms with Gasteiger partial charge in [-0.25, -0.2) is 0 Å². The summed E-state index contributed by atoms with van der Waals surface area (Å²) in [5.74, 6) is -0.258. The quantitative estimate of drug-likeness (QED) is 0.889. The van der Waals surface area contributed by atoms with E-state index in [1.54, 1.807) is 38.1 Å². The molecule has 1 atom stereocenters. The number of amides is 1. The van der Waals surface area contributed by atoms with Crippen LogP contribution in [0.5, 0.6) is 0 Å². The Kier molecular flexibility index (Phi) is 4.59. The lowest BCUT2D eigenvalue weighted by Crippen LogP contribution is -2.30. The van der Waals surface area contributed by atoms with E-state index < -0.39 is 17.7 Å². The van der Waals surface area contributed by atoms with Crippen molar-refractivity contribution in [3.05, 3.63) is 59.3 Å². The molecule has 1 unspecified atom stereocenters. The molecule has 136 valence electrons. The smallest absolute Gasteiger partial charge is 0.294 e. The summed E-state index contributed by atoms with van der Waals surface area (Å²) < 4.78 is 5.70. The van der Waals surface area contributed by atoms with Gasteiger partial charge in [0.05, 0.1) is 5.57 Å². The van der Waals surface area contributed by atoms with E-state index in [0.29, 0.717) is 17.2 Å². The molecule has 0 fully saturated rings. The molecule has 0 spiro atoms. The number of aryl methyl sites for hydroxylation is 1. The fourth-order valence-electron chi connectivity index (χ4n) is 3.13. The number of anilines is 2. The standard InChI is InChI=1S/C20H22N2O4/c1-5-15(23)17-18(16-11-6-12(2)26-16)22(20(25)19(17)24)14-9-7-13(8-10-14)21(3)4/h6-11,18,24H,5H2,1-4H3. The van der Waals surface area contributed by atoms with Gasteiger partial charge in [-0.2, -0.15) is 0 Å². The fraction of sp³-hybridized carbons (Fsp3) is 0.300. The summed E-state index contributed by atoms with van der Waals surface area (Å²) in [6.45, 7) is 3.49. The Morgan fingerprint density at radius 2 is 1.85 bits per heavy atom. The number of benzene rings is 1. The van der Waals surface area contributed by atoms with Crippen LogP contribution in [-0.4, -0.2) is 30.9 Å². The van der Waals surface area contributed by atoms with Gasteiger partial charge in [0.1, 0.15) is 17.6 Å². The van der Waals surface area contributed by atoms with Crippen molar-refractivity contribution in [2.24, 2.45) is 0 Å². The van der Waals surface area contributed by atoms with E-state index in [1.807, 2.05) is 31.1 Å². The van der Waals surface area contributed by atoms with Gasteiger partial charge in [0, 0.05) is 31.9 Å². The highest BCUT2D eigenvalue weighted by Gasteiger charge is 2.45. The minimum absolute atomic E-state index is 0.0866. The van der Waals surface area contributed by atoms with Crippen molar-refractivity contribution in [3.8, 4) is 0 Å². The van der Waals surface area contributed by atoms with E-state index in [1.165, 1.54) is 4.90 Å². The molecule has 1 amide bonds. The highest BCUT2D eigenvalue weighted by Crippen LogP contribution is 2.42. The van der Waals surface area contributed by atoms with Gasteiger partial charge in [0.25, 0.3) is 5.91 Å². The van der Waals surface area contributed by atoms with Crippen molar-refractivity contribution in [1.82, 2.24) is 0 Å². The lowest BCUT2D eigenvalue weighted by atomic mass is 9.99. The van der Waals surface area contributed by atoms with Crippen molar-refractivity contribution < 1.29 is 19.1 Å². The van der Waals surface area contributed by atoms with E-state index >= 15 is 0 Å². The molecule has 1 aliphatic heterocycles. The first-order valence-electron chi connectivity index (χ1n) is 8.48. The minimum Gasteiger partial charge on any atom is -0.503 e. The lowest BCUT2D eigenvalue weighted by Gasteiger charge is -2.25. The van der Waals surface area contributed by atoms with Gasteiger partial charge in [-0.05, 0) is 43.3 Å². The number of hydrogen-bond donors (Lipinski definition) is 1. The molecule has 3 rings (SSSR count). The van der Waals surface area contributed by atoms with Gasteiger partial charge in [-0.3, -0.25) is 14.5 Å². The number of carbonyl (C=O) groups excluding carboxylic acids is 2. The number of ketones is 1. The normalized spacial score (nSPS) is 17.2. The zero-order valence-electron chi connectivity index (χ0n) is 15.3. The lowest BCUT2D eigenvalue weighted by molar-refractivity contribution is -0.118. The summed E-state index contributed by atoms with van der Waals surface area (Å²) >= 11 is 0. The van der Waals surface area contributed by atoms with Crippen LogP contribution in [0, 0.1) is 6.92 Å². The fourth-order valence-corrected chi connectivity index (χ4v) is 3.13. The van der Waals surface area contributed by atoms with Gasteiger partial charge < -0.3 is 14.4 Å². The average molecular weight is 354 g/mol. The van der Waals surface area contributed by atoms with Crippen molar-refractivity contribution in [2.45, 2.75) is 26.3 Å². The topological polar surface area (TPSA) is 74.0 Å². The second-order valence-corrected chi connectivity index (χ2v) is 6.48. The maximum Gasteiger partial charge on any atom is 0.294 e. The molecule has 1 aliphatic rings. The molecule has 1 aromatic carbocycles. The second kappa shape index (κ2) is 6.71. The Bertz CT molecular complexity index is 877. The molecule has 0 radical (unpaired) electrons. The van der Waals surface area contributed by atoms with Crippen LogP contribution in [0.2, 0.25) is 0 Å². The number of aliphatic hydroxyl groups excluding tert-OH is 1. The highest BCUT2D eigenvalue weighted by molar-refractivity contribution is 6.16. The Morgan fingerprint density at radius 3 is 2.35 bits per heavy atom. The van der Waals surface area contributed by atoms with Crippen LogP contribution < -0.4 is 9.80 Å². The molecule has 6 heteroatoms. The Hall–Kier alpha value is -3.02. The number of nitrogens with zero attached hydrogens (tertiary/aromatic N) is 2. The SMILES string of the molecule is CCC(=O)C1=C(O)C(=O)N(c2ccc(N(C)C)cc2)C1c1ccc(C)o1. The van der Waals surface area contributed by atoms with Crippen molar-refractivity contribution in [2.75, 3.05) is 23.9 Å². The zero-order valence-corrected chi connectivity index (χ0v) is 15.3. The largest absolute Gasteiger partial charge is 0.503 e. The zero-order chi connectivity index (χ0) is 19.0. The van der Waals surface area contributed by atoms with E-state index in [0.717, 1.165) is 5.69 Å². The summed E-state index contributed by atoms with van der Waals surface area (Å²) in [6.07, 6.45) is 0.191. The van der Waals surface area contributed by atoms with Crippen LogP contribution in [0.3, 0.4) is 0 Å². The van der Waals surface area contributed by atoms with Crippen LogP contribution in [0.1, 0.15) is 30.9 Å². The van der Waals surface area contributed by atoms with Crippen molar-refractivity contribution in [1.29, 1.82) is 0 Å². The van der Waals surface area contributed by atoms with Crippen LogP contribution in [0.15, 0.2) is 52.1 Å². The van der Waals surface area contributed by atoms with Crippen LogP contribution in [-0.2, 0) is 9.59 Å². The Labute approximate surface area is 152 Å². The van der Waals surface area contributed by atoms with Crippen LogP contribution in [0.4, 0.5) is 11.4 Å². The molecule has 0 saturated carbocycles. The average Bonchev–Trinajstić information content (AvgIpc) is 3.16. The molecule has 0 saturated heterocycles. The van der Waals surface area contributed by atoms with E-state index in [9.17, 15) is 14.7 Å². The number of hydrogen-bond acceptors (Lipinski definition) is 5. The number of aliphatic hydroxyl groups is 1. The Morgan fingerprint density at radius 1 is 1.19 bits per heavy atom. The molecule has 26 heavy (non-hydrogen) atoms. The van der Waals surface area contributed by atoms with Crippen molar-refractivity contribution in [3.63, 3.8) is 0 Å². The van der Waals surface area contributed by atoms with Crippen LogP contribution in [0.25, 0.3) is 0 Å². The molecular weight excluding hydrogens is 332 g/mol. The highest BCUT2D eigenvalue weighted by atomic mass is 16.3. The number of carbonyl (C=O) groups is 2. The van der Waals surface area contributed by atoms with Gasteiger partial charge in [-0.1, -0.05) is 6.92 Å². The summed E-state index contributed by atoms with van der Waals surface area (Å²) in [4.78, 5) is 28.6. The van der Waals surface area contributed by atoms with E-state index in [4.69, 9.17) is 4.42 Å². The molecule has 2 heterocycles. The third-order valence-corrected chi connectivity index (χ3v) is 4.50. The first-order valence-corrected chi connectivity index (χ1v) is 8.48. The molecule has 0 bridgehead atoms. The Balaban J connectivity index is 2.11. The third kappa shape index (κ3) is 2.87. The van der Waals surface area contributed by atoms with Gasteiger partial charge >= 0.3 is 0 Å². The maximum absolute atomic E-state index is 12.8. The summed E-state index contributed by atoms with van der Waals surface area (Å²) in [7, 11) is 3.85. The first-order chi connectivity index (χ1) is 12.3. The predicted octanol–water partition coefficient (Wildman–Crippen LogP) is 3.53. The van der Waals surface area contributed by atoms with E-state index in [-0.39, 0.29) is 17.8 Å². The van der Waals surface area contributed by atoms with Crippen LogP contribution >= 0.6 is 0 Å². The first kappa shape index (κ1) is 17.8. The third-order valence-electron chi connectivity index (χ3n) is 4.50. The number of rotatable bonds is 5. The molecule has 2 aromatic rings. The summed E-state index contributed by atoms with van der Waals surface area (Å²) in [5.41, 5.74) is 1.65. The molecule has 1 N–H and O–H groups in total. The molecule has 6 nitrogen and oxygen atoms in total. The number of Topliss-reactive ketones (excluding diaryl/α,β-unsaturated/α-hetero) is 1. The summed E-state index contributed by atoms with van der Waals surface area (Å²) in [5, 5.41) is 10.4. The number of furan rings is 1. The predicted molar refractivity (Wildman–Crippen MR) is 99.4 cm³/mol. The van der Waals surface area contributed by atoms with Gasteiger partial charge in [0.2, 0.25) is 0 Å². The van der Waals surface area contributed by atoms with Crippen molar-refractivity contribution >= 4 is 23.1 Å². The van der Waals surface area contributed by atoms with Gasteiger partial charge in [0.15, 0.2) is 11.5 Å². The summed E-state index contributed by atoms with van der Waals surface area (Å²) in [6, 6.07) is 10.1. The maximum atomic E-state index is 12.8. The molecule has 1 aromatic heterocycles. The minimum atomic E-state index is -0.770. The van der Waals surface area contributed by atoms with Gasteiger partial charge in [-0.15, -0.1) is 0 Å². The second-order valence-electron chi connectivity index (χ2n) is 6.48.